The molecule has 0 aliphatic rings. The first-order valence-electron chi connectivity index (χ1n) is 4.55. The van der Waals surface area contributed by atoms with Crippen LogP contribution in [0.4, 0.5) is 13.2 Å². The Morgan fingerprint density at radius 2 is 1.47 bits per heavy atom. The second kappa shape index (κ2) is 3.26. The van der Waals surface area contributed by atoms with Crippen LogP contribution in [-0.2, 0) is 0 Å². The van der Waals surface area contributed by atoms with Crippen molar-refractivity contribution >= 4 is 10.8 Å². The minimum atomic E-state index is -0.909. The molecule has 0 aliphatic heterocycles. The summed E-state index contributed by atoms with van der Waals surface area (Å²) in [6.07, 6.45) is 0. The Hall–Kier alpha value is -1.51. The molecule has 0 fully saturated rings. The monoisotopic (exact) mass is 210 g/mol. The number of aryl methyl sites for hydroxylation is 2. The zero-order valence-corrected chi connectivity index (χ0v) is 8.37. The normalized spacial score (nSPS) is 11.0. The molecule has 0 aliphatic carbocycles. The Morgan fingerprint density at radius 3 is 2.13 bits per heavy atom. The molecular weight excluding hydrogens is 201 g/mol. The van der Waals surface area contributed by atoms with Crippen molar-refractivity contribution in [2.75, 3.05) is 0 Å². The lowest BCUT2D eigenvalue weighted by atomic mass is 10.0. The molecule has 0 saturated carbocycles. The molecule has 0 aromatic heterocycles. The van der Waals surface area contributed by atoms with Crippen LogP contribution in [0, 0.1) is 31.3 Å². The van der Waals surface area contributed by atoms with Crippen molar-refractivity contribution < 1.29 is 13.2 Å². The van der Waals surface area contributed by atoms with Gasteiger partial charge in [0.25, 0.3) is 0 Å². The van der Waals surface area contributed by atoms with Crippen LogP contribution in [0.1, 0.15) is 11.1 Å². The van der Waals surface area contributed by atoms with Crippen molar-refractivity contribution in [3.05, 3.63) is 46.8 Å². The Labute approximate surface area is 85.3 Å². The number of hydrogen-bond acceptors (Lipinski definition) is 0. The summed E-state index contributed by atoms with van der Waals surface area (Å²) in [4.78, 5) is 0. The van der Waals surface area contributed by atoms with E-state index in [-0.39, 0.29) is 10.9 Å². The molecular formula is C12H9F3. The SMILES string of the molecule is Cc1cc2c(F)c(F)c(C)cc2cc1F. The van der Waals surface area contributed by atoms with Gasteiger partial charge in [0, 0.05) is 5.39 Å². The standard InChI is InChI=1S/C12H9F3/c1-6-4-9-8(5-10(6)13)3-7(2)11(14)12(9)15/h3-5H,1-2H3. The third kappa shape index (κ3) is 1.48. The fraction of sp³-hybridized carbons (Fsp3) is 0.167. The largest absolute Gasteiger partial charge is 0.207 e. The molecule has 0 saturated heterocycles. The number of hydrogen-bond donors (Lipinski definition) is 0. The van der Waals surface area contributed by atoms with Crippen LogP contribution in [0.3, 0.4) is 0 Å². The van der Waals surface area contributed by atoms with Crippen molar-refractivity contribution in [2.24, 2.45) is 0 Å². The van der Waals surface area contributed by atoms with Crippen LogP contribution < -0.4 is 0 Å². The molecule has 2 aromatic carbocycles. The van der Waals surface area contributed by atoms with Crippen molar-refractivity contribution in [2.45, 2.75) is 13.8 Å². The maximum atomic E-state index is 13.5. The third-order valence-corrected chi connectivity index (χ3v) is 2.48. The smallest absolute Gasteiger partial charge is 0.166 e. The van der Waals surface area contributed by atoms with E-state index in [4.69, 9.17) is 0 Å². The molecule has 3 heteroatoms. The Morgan fingerprint density at radius 1 is 0.800 bits per heavy atom. The first-order valence-corrected chi connectivity index (χ1v) is 4.55. The van der Waals surface area contributed by atoms with E-state index in [1.54, 1.807) is 0 Å². The molecule has 0 spiro atoms. The van der Waals surface area contributed by atoms with E-state index in [0.29, 0.717) is 10.9 Å². The van der Waals surface area contributed by atoms with Gasteiger partial charge in [-0.3, -0.25) is 0 Å². The second-order valence-electron chi connectivity index (χ2n) is 3.64. The van der Waals surface area contributed by atoms with Crippen LogP contribution in [0.25, 0.3) is 10.8 Å². The van der Waals surface area contributed by atoms with Crippen LogP contribution in [-0.4, -0.2) is 0 Å². The summed E-state index contributed by atoms with van der Waals surface area (Å²) in [6, 6.07) is 3.99. The molecule has 15 heavy (non-hydrogen) atoms. The third-order valence-electron chi connectivity index (χ3n) is 2.48. The van der Waals surface area contributed by atoms with E-state index in [2.05, 4.69) is 0 Å². The maximum Gasteiger partial charge on any atom is 0.166 e. The molecule has 2 aromatic rings. The van der Waals surface area contributed by atoms with Gasteiger partial charge in [0.1, 0.15) is 5.82 Å². The number of rotatable bonds is 0. The highest BCUT2D eigenvalue weighted by atomic mass is 19.2. The highest BCUT2D eigenvalue weighted by Gasteiger charge is 2.12. The second-order valence-corrected chi connectivity index (χ2v) is 3.64. The molecule has 0 unspecified atom stereocenters. The molecule has 0 heterocycles. The van der Waals surface area contributed by atoms with Gasteiger partial charge in [-0.25, -0.2) is 13.2 Å². The number of halogens is 3. The van der Waals surface area contributed by atoms with E-state index in [1.165, 1.54) is 32.0 Å². The lowest BCUT2D eigenvalue weighted by molar-refractivity contribution is 0.511. The summed E-state index contributed by atoms with van der Waals surface area (Å²) >= 11 is 0. The lowest BCUT2D eigenvalue weighted by Gasteiger charge is -2.05. The fourth-order valence-corrected chi connectivity index (χ4v) is 1.59. The summed E-state index contributed by atoms with van der Waals surface area (Å²) in [5.74, 6) is -2.19. The van der Waals surface area contributed by atoms with Crippen molar-refractivity contribution in [3.63, 3.8) is 0 Å². The van der Waals surface area contributed by atoms with E-state index < -0.39 is 17.5 Å². The van der Waals surface area contributed by atoms with Gasteiger partial charge < -0.3 is 0 Å². The highest BCUT2D eigenvalue weighted by Crippen LogP contribution is 2.25. The van der Waals surface area contributed by atoms with Crippen LogP contribution >= 0.6 is 0 Å². The summed E-state index contributed by atoms with van der Waals surface area (Å²) in [7, 11) is 0. The minimum absolute atomic E-state index is 0.122. The Balaban J connectivity index is 2.93. The Kier molecular flexibility index (Phi) is 2.18. The molecule has 0 amide bonds. The van der Waals surface area contributed by atoms with Gasteiger partial charge in [-0.05, 0) is 48.6 Å². The molecule has 0 radical (unpaired) electrons. The van der Waals surface area contributed by atoms with Gasteiger partial charge in [0.05, 0.1) is 0 Å². The van der Waals surface area contributed by atoms with E-state index in [1.807, 2.05) is 0 Å². The molecule has 0 N–H and O–H groups in total. The molecule has 2 rings (SSSR count). The van der Waals surface area contributed by atoms with Gasteiger partial charge in [-0.1, -0.05) is 0 Å². The zero-order valence-electron chi connectivity index (χ0n) is 8.37. The van der Waals surface area contributed by atoms with Crippen LogP contribution in [0.2, 0.25) is 0 Å². The predicted octanol–water partition coefficient (Wildman–Crippen LogP) is 3.87. The van der Waals surface area contributed by atoms with Crippen molar-refractivity contribution in [1.82, 2.24) is 0 Å². The van der Waals surface area contributed by atoms with Crippen molar-refractivity contribution in [3.8, 4) is 0 Å². The number of fused-ring (bicyclic) bond motifs is 1. The van der Waals surface area contributed by atoms with E-state index in [9.17, 15) is 13.2 Å². The van der Waals surface area contributed by atoms with E-state index in [0.717, 1.165) is 0 Å². The molecule has 78 valence electrons. The van der Waals surface area contributed by atoms with Gasteiger partial charge in [0.15, 0.2) is 11.6 Å². The molecule has 0 nitrogen and oxygen atoms in total. The maximum absolute atomic E-state index is 13.5. The van der Waals surface area contributed by atoms with Gasteiger partial charge >= 0.3 is 0 Å². The quantitative estimate of drug-likeness (QED) is 0.619. The fourth-order valence-electron chi connectivity index (χ4n) is 1.59. The van der Waals surface area contributed by atoms with Gasteiger partial charge in [-0.15, -0.1) is 0 Å². The zero-order chi connectivity index (χ0) is 11.2. The molecule has 0 atom stereocenters. The average Bonchev–Trinajstić information content (AvgIpc) is 2.19. The summed E-state index contributed by atoms with van der Waals surface area (Å²) in [5.41, 5.74) is 0.493. The lowest BCUT2D eigenvalue weighted by Crippen LogP contribution is -1.93. The average molecular weight is 210 g/mol. The van der Waals surface area contributed by atoms with Crippen LogP contribution in [0.5, 0.6) is 0 Å². The topological polar surface area (TPSA) is 0 Å². The van der Waals surface area contributed by atoms with Crippen LogP contribution in [0.15, 0.2) is 18.2 Å². The van der Waals surface area contributed by atoms with Gasteiger partial charge in [-0.2, -0.15) is 0 Å². The highest BCUT2D eigenvalue weighted by molar-refractivity contribution is 5.84. The van der Waals surface area contributed by atoms with Gasteiger partial charge in [0.2, 0.25) is 0 Å². The first-order chi connectivity index (χ1) is 7.00. The first kappa shape index (κ1) is 10.0. The minimum Gasteiger partial charge on any atom is -0.207 e. The predicted molar refractivity (Wildman–Crippen MR) is 53.3 cm³/mol. The van der Waals surface area contributed by atoms with E-state index >= 15 is 0 Å². The number of benzene rings is 2. The Bertz CT molecular complexity index is 539. The summed E-state index contributed by atoms with van der Waals surface area (Å²) in [6.45, 7) is 2.97. The molecule has 0 bridgehead atoms. The summed E-state index contributed by atoms with van der Waals surface area (Å²) in [5, 5.41) is 0.506. The van der Waals surface area contributed by atoms with Crippen molar-refractivity contribution in [1.29, 1.82) is 0 Å². The summed E-state index contributed by atoms with van der Waals surface area (Å²) < 4.78 is 39.9.